The van der Waals surface area contributed by atoms with E-state index in [1.807, 2.05) is 0 Å². The summed E-state index contributed by atoms with van der Waals surface area (Å²) < 4.78 is 58.0. The van der Waals surface area contributed by atoms with Crippen molar-refractivity contribution in [2.24, 2.45) is 0 Å². The Morgan fingerprint density at radius 3 is 2.42 bits per heavy atom. The highest BCUT2D eigenvalue weighted by atomic mass is 35.5. The van der Waals surface area contributed by atoms with Crippen LogP contribution in [0.5, 0.6) is 17.2 Å². The summed E-state index contributed by atoms with van der Waals surface area (Å²) >= 11 is 6.81. The van der Waals surface area contributed by atoms with Gasteiger partial charge in [-0.2, -0.15) is 13.2 Å². The summed E-state index contributed by atoms with van der Waals surface area (Å²) in [5.74, 6) is -0.407. The molecule has 36 heavy (non-hydrogen) atoms. The Hall–Kier alpha value is -3.13. The molecule has 0 saturated heterocycles. The number of thiazole rings is 1. The highest BCUT2D eigenvalue weighted by molar-refractivity contribution is 7.18. The summed E-state index contributed by atoms with van der Waals surface area (Å²) in [5.41, 5.74) is -4.35. The topological polar surface area (TPSA) is 123 Å². The number of aliphatic hydroxyl groups is 2. The van der Waals surface area contributed by atoms with Crippen LogP contribution in [-0.2, 0) is 5.60 Å². The van der Waals surface area contributed by atoms with Crippen molar-refractivity contribution in [1.82, 2.24) is 15.3 Å². The molecule has 0 aliphatic heterocycles. The van der Waals surface area contributed by atoms with Crippen LogP contribution in [-0.4, -0.2) is 66.2 Å². The lowest BCUT2D eigenvalue weighted by Gasteiger charge is -2.30. The number of carbonyl (C=O) groups is 1. The molecule has 2 heterocycles. The molecule has 2 aromatic heterocycles. The van der Waals surface area contributed by atoms with Crippen molar-refractivity contribution in [3.63, 3.8) is 0 Å². The fourth-order valence-corrected chi connectivity index (χ4v) is 4.04. The Morgan fingerprint density at radius 2 is 1.83 bits per heavy atom. The van der Waals surface area contributed by atoms with Crippen molar-refractivity contribution >= 4 is 28.8 Å². The molecule has 1 aromatic carbocycles. The molecule has 0 radical (unpaired) electrons. The van der Waals surface area contributed by atoms with Crippen molar-refractivity contribution in [2.75, 3.05) is 34.0 Å². The van der Waals surface area contributed by atoms with Gasteiger partial charge in [0.15, 0.2) is 16.0 Å². The fraction of sp³-hybridized carbons (Fsp3) is 0.318. The third kappa shape index (κ3) is 5.81. The Kier molecular flexibility index (Phi) is 8.61. The maximum atomic E-state index is 14.1. The average molecular weight is 548 g/mol. The minimum Gasteiger partial charge on any atom is -0.494 e. The number of methoxy groups -OCH3 is 2. The van der Waals surface area contributed by atoms with E-state index in [9.17, 15) is 23.1 Å². The van der Waals surface area contributed by atoms with Crippen molar-refractivity contribution in [2.45, 2.75) is 11.8 Å². The van der Waals surface area contributed by atoms with Gasteiger partial charge in [0.05, 0.1) is 37.9 Å². The molecule has 0 saturated carbocycles. The van der Waals surface area contributed by atoms with Gasteiger partial charge in [-0.15, -0.1) is 11.3 Å². The quantitative estimate of drug-likeness (QED) is 0.353. The summed E-state index contributed by atoms with van der Waals surface area (Å²) in [6.45, 7) is -1.51. The first-order valence-electron chi connectivity index (χ1n) is 10.2. The second-order valence-corrected chi connectivity index (χ2v) is 8.82. The van der Waals surface area contributed by atoms with E-state index in [2.05, 4.69) is 15.3 Å². The first-order chi connectivity index (χ1) is 17.0. The lowest BCUT2D eigenvalue weighted by Crippen LogP contribution is -2.51. The molecule has 0 aliphatic carbocycles. The molecule has 3 N–H and O–H groups in total. The summed E-state index contributed by atoms with van der Waals surface area (Å²) in [4.78, 5) is 20.8. The van der Waals surface area contributed by atoms with Gasteiger partial charge < -0.3 is 29.7 Å². The van der Waals surface area contributed by atoms with E-state index in [4.69, 9.17) is 30.9 Å². The number of benzene rings is 1. The van der Waals surface area contributed by atoms with Crippen LogP contribution in [0.1, 0.15) is 16.1 Å². The number of aromatic nitrogens is 2. The summed E-state index contributed by atoms with van der Waals surface area (Å²) in [5, 5.41) is 21.7. The predicted octanol–water partition coefficient (Wildman–Crippen LogP) is 3.43. The number of aliphatic hydroxyl groups excluding tert-OH is 1. The lowest BCUT2D eigenvalue weighted by atomic mass is 9.97. The molecule has 0 bridgehead atoms. The zero-order valence-corrected chi connectivity index (χ0v) is 20.5. The normalized spacial score (nSPS) is 13.1. The van der Waals surface area contributed by atoms with E-state index in [-0.39, 0.29) is 46.2 Å². The van der Waals surface area contributed by atoms with Gasteiger partial charge in [-0.05, 0) is 30.3 Å². The Balaban J connectivity index is 1.90. The zero-order chi connectivity index (χ0) is 26.5. The molecule has 3 aromatic rings. The number of pyridine rings is 1. The Morgan fingerprint density at radius 1 is 1.14 bits per heavy atom. The van der Waals surface area contributed by atoms with Crippen LogP contribution >= 0.6 is 22.9 Å². The Labute approximate surface area is 212 Å². The second kappa shape index (κ2) is 11.3. The number of nitrogens with zero attached hydrogens (tertiary/aromatic N) is 2. The third-order valence-corrected chi connectivity index (χ3v) is 6.08. The summed E-state index contributed by atoms with van der Waals surface area (Å²) in [6.07, 6.45) is -3.89. The third-order valence-electron chi connectivity index (χ3n) is 4.96. The van der Waals surface area contributed by atoms with Gasteiger partial charge in [-0.3, -0.25) is 4.79 Å². The number of hydrogen-bond acceptors (Lipinski definition) is 9. The number of alkyl halides is 3. The van der Waals surface area contributed by atoms with Gasteiger partial charge in [0.1, 0.15) is 18.1 Å². The van der Waals surface area contributed by atoms with Crippen LogP contribution in [0.3, 0.4) is 0 Å². The molecule has 194 valence electrons. The number of hydrogen-bond donors (Lipinski definition) is 3. The summed E-state index contributed by atoms with van der Waals surface area (Å²) in [6, 6.07) is 6.11. The van der Waals surface area contributed by atoms with E-state index in [0.29, 0.717) is 4.88 Å². The number of rotatable bonds is 10. The molecule has 0 aliphatic rings. The minimum absolute atomic E-state index is 0.00314. The molecule has 1 amide bonds. The molecule has 9 nitrogen and oxygen atoms in total. The van der Waals surface area contributed by atoms with Gasteiger partial charge in [-0.25, -0.2) is 9.97 Å². The average Bonchev–Trinajstić information content (AvgIpc) is 3.30. The highest BCUT2D eigenvalue weighted by Gasteiger charge is 2.56. The largest absolute Gasteiger partial charge is 0.494 e. The predicted molar refractivity (Wildman–Crippen MR) is 125 cm³/mol. The first-order valence-corrected chi connectivity index (χ1v) is 11.4. The van der Waals surface area contributed by atoms with Gasteiger partial charge in [-0.1, -0.05) is 11.6 Å². The molecular weight excluding hydrogens is 527 g/mol. The number of nitrogens with one attached hydrogen (secondary N) is 1. The highest BCUT2D eigenvalue weighted by Crippen LogP contribution is 2.41. The first kappa shape index (κ1) is 27.5. The van der Waals surface area contributed by atoms with E-state index in [1.54, 1.807) is 0 Å². The van der Waals surface area contributed by atoms with E-state index in [0.717, 1.165) is 17.4 Å². The van der Waals surface area contributed by atoms with Gasteiger partial charge in [0.2, 0.25) is 5.60 Å². The molecular formula is C22H21ClF3N3O6S. The van der Waals surface area contributed by atoms with E-state index in [1.165, 1.54) is 44.7 Å². The zero-order valence-electron chi connectivity index (χ0n) is 18.9. The van der Waals surface area contributed by atoms with Gasteiger partial charge in [0, 0.05) is 11.8 Å². The monoisotopic (exact) mass is 547 g/mol. The SMILES string of the molecule is COc1cc(C(=O)NCC(O)(c2ccc(OC)c(-c3cnc(Cl)s3)n2)C(F)(F)F)ccc1OCCO. The molecule has 3 rings (SSSR count). The standard InChI is InChI=1S/C22H21ClF3N3O6S/c1-33-14-5-6-17(29-18(14)16-10-27-20(23)36-16)21(32,22(24,25)26)11-28-19(31)12-3-4-13(35-8-7-30)15(9-12)34-2/h3-6,9-10,30,32H,7-8,11H2,1-2H3,(H,28,31). The van der Waals surface area contributed by atoms with Crippen LogP contribution in [0.2, 0.25) is 4.47 Å². The van der Waals surface area contributed by atoms with Crippen LogP contribution in [0.25, 0.3) is 10.6 Å². The van der Waals surface area contributed by atoms with Crippen LogP contribution in [0, 0.1) is 0 Å². The van der Waals surface area contributed by atoms with Crippen molar-refractivity contribution < 1.29 is 42.4 Å². The van der Waals surface area contributed by atoms with Crippen LogP contribution in [0.15, 0.2) is 36.5 Å². The number of carbonyl (C=O) groups excluding carboxylic acids is 1. The minimum atomic E-state index is -5.20. The summed E-state index contributed by atoms with van der Waals surface area (Å²) in [7, 11) is 2.63. The lowest BCUT2D eigenvalue weighted by molar-refractivity contribution is -0.265. The van der Waals surface area contributed by atoms with E-state index >= 15 is 0 Å². The second-order valence-electron chi connectivity index (χ2n) is 7.20. The van der Waals surface area contributed by atoms with E-state index < -0.39 is 29.9 Å². The maximum absolute atomic E-state index is 14.1. The maximum Gasteiger partial charge on any atom is 0.424 e. The molecule has 1 unspecified atom stereocenters. The van der Waals surface area contributed by atoms with Crippen molar-refractivity contribution in [1.29, 1.82) is 0 Å². The smallest absolute Gasteiger partial charge is 0.424 e. The van der Waals surface area contributed by atoms with Crippen molar-refractivity contribution in [3.8, 4) is 27.8 Å². The molecule has 14 heteroatoms. The fourth-order valence-electron chi connectivity index (χ4n) is 3.11. The van der Waals surface area contributed by atoms with Crippen LogP contribution in [0.4, 0.5) is 13.2 Å². The van der Waals surface area contributed by atoms with Gasteiger partial charge >= 0.3 is 6.18 Å². The van der Waals surface area contributed by atoms with Gasteiger partial charge in [0.25, 0.3) is 5.91 Å². The van der Waals surface area contributed by atoms with Crippen LogP contribution < -0.4 is 19.5 Å². The molecule has 0 spiro atoms. The Bertz CT molecular complexity index is 1230. The number of halogens is 4. The number of ether oxygens (including phenoxy) is 3. The van der Waals surface area contributed by atoms with Crippen molar-refractivity contribution in [3.05, 3.63) is 52.3 Å². The molecule has 0 fully saturated rings. The number of amides is 1. The molecule has 1 atom stereocenters.